The number of aromatic nitrogens is 4. The van der Waals surface area contributed by atoms with Crippen LogP contribution in [0.4, 0.5) is 5.82 Å². The fourth-order valence-corrected chi connectivity index (χ4v) is 3.55. The van der Waals surface area contributed by atoms with Crippen LogP contribution in [0.5, 0.6) is 0 Å². The molecule has 7 nitrogen and oxygen atoms in total. The lowest BCUT2D eigenvalue weighted by Crippen LogP contribution is -2.60. The Balaban J connectivity index is 1.43. The molecule has 2 aromatic rings. The van der Waals surface area contributed by atoms with Gasteiger partial charge in [-0.25, -0.2) is 0 Å². The van der Waals surface area contributed by atoms with Crippen molar-refractivity contribution in [2.45, 2.75) is 58.4 Å². The molecular weight excluding hydrogens is 328 g/mol. The summed E-state index contributed by atoms with van der Waals surface area (Å²) in [7, 11) is 1.92. The third kappa shape index (κ3) is 3.15. The summed E-state index contributed by atoms with van der Waals surface area (Å²) in [6, 6.07) is 4.25. The van der Waals surface area contributed by atoms with Gasteiger partial charge in [0.15, 0.2) is 11.5 Å². The molecule has 0 spiro atoms. The van der Waals surface area contributed by atoms with E-state index in [0.29, 0.717) is 12.3 Å². The summed E-state index contributed by atoms with van der Waals surface area (Å²) < 4.78 is 1.90. The van der Waals surface area contributed by atoms with Crippen LogP contribution < -0.4 is 4.90 Å². The van der Waals surface area contributed by atoms with E-state index >= 15 is 0 Å². The minimum absolute atomic E-state index is 0.0215. The van der Waals surface area contributed by atoms with Crippen LogP contribution in [0.1, 0.15) is 58.2 Å². The average molecular weight is 356 g/mol. The number of nitrogens with zero attached hydrogens (tertiary/aromatic N) is 6. The van der Waals surface area contributed by atoms with Crippen molar-refractivity contribution in [2.75, 3.05) is 25.0 Å². The van der Waals surface area contributed by atoms with Crippen molar-refractivity contribution in [3.63, 3.8) is 0 Å². The van der Waals surface area contributed by atoms with Gasteiger partial charge in [-0.05, 0) is 30.4 Å². The van der Waals surface area contributed by atoms with Gasteiger partial charge in [-0.1, -0.05) is 27.2 Å². The Morgan fingerprint density at radius 3 is 2.58 bits per heavy atom. The molecule has 1 aliphatic carbocycles. The van der Waals surface area contributed by atoms with E-state index in [1.807, 2.05) is 28.6 Å². The van der Waals surface area contributed by atoms with Crippen LogP contribution in [-0.2, 0) is 4.79 Å². The molecule has 0 bridgehead atoms. The number of fused-ring (bicyclic) bond motifs is 1. The predicted octanol–water partition coefficient (Wildman–Crippen LogP) is 2.48. The average Bonchev–Trinajstić information content (AvgIpc) is 2.85. The third-order valence-corrected chi connectivity index (χ3v) is 5.55. The Kier molecular flexibility index (Phi) is 4.12. The lowest BCUT2D eigenvalue weighted by molar-refractivity contribution is -0.134. The molecule has 0 aromatic carbocycles. The highest BCUT2D eigenvalue weighted by molar-refractivity contribution is 5.77. The molecule has 0 atom stereocenters. The van der Waals surface area contributed by atoms with Crippen molar-refractivity contribution in [3.8, 4) is 0 Å². The first-order valence-corrected chi connectivity index (χ1v) is 9.55. The lowest BCUT2D eigenvalue weighted by atomic mass is 9.85. The third-order valence-electron chi connectivity index (χ3n) is 5.55. The first-order valence-electron chi connectivity index (χ1n) is 9.55. The first kappa shape index (κ1) is 17.2. The summed E-state index contributed by atoms with van der Waals surface area (Å²) in [4.78, 5) is 16.5. The molecule has 1 saturated heterocycles. The Morgan fingerprint density at radius 2 is 1.96 bits per heavy atom. The van der Waals surface area contributed by atoms with Crippen LogP contribution in [0.25, 0.3) is 5.65 Å². The largest absolute Gasteiger partial charge is 0.351 e. The van der Waals surface area contributed by atoms with Crippen molar-refractivity contribution in [2.24, 2.45) is 5.41 Å². The van der Waals surface area contributed by atoms with Crippen molar-refractivity contribution in [1.29, 1.82) is 0 Å². The topological polar surface area (TPSA) is 66.6 Å². The van der Waals surface area contributed by atoms with Gasteiger partial charge in [0.05, 0.1) is 6.04 Å². The molecule has 2 fully saturated rings. The molecule has 1 saturated carbocycles. The molecular formula is C19H28N6O. The normalized spacial score (nSPS) is 18.7. The number of likely N-dealkylation sites (N-methyl/N-ethyl adjacent to an activating group) is 1. The van der Waals surface area contributed by atoms with E-state index < -0.39 is 0 Å². The van der Waals surface area contributed by atoms with E-state index in [-0.39, 0.29) is 17.4 Å². The summed E-state index contributed by atoms with van der Waals surface area (Å²) in [6.45, 7) is 7.95. The van der Waals surface area contributed by atoms with Gasteiger partial charge in [0, 0.05) is 32.5 Å². The number of carbonyl (C=O) groups is 1. The standard InChI is InChI=1S/C19H28N6O/c1-19(2,3)10-17(26)23(4)14-11-24(12-14)16-9-8-15-20-21-18(25(15)22-16)13-6-5-7-13/h8-9,13-14H,5-7,10-12H2,1-4H3. The molecule has 2 aromatic heterocycles. The van der Waals surface area contributed by atoms with Crippen molar-refractivity contribution in [3.05, 3.63) is 18.0 Å². The molecule has 0 radical (unpaired) electrons. The molecule has 3 heterocycles. The molecule has 140 valence electrons. The summed E-state index contributed by atoms with van der Waals surface area (Å²) in [5, 5.41) is 13.4. The maximum atomic E-state index is 12.4. The number of anilines is 1. The number of amides is 1. The molecule has 1 aliphatic heterocycles. The van der Waals surface area contributed by atoms with Gasteiger partial charge in [-0.15, -0.1) is 15.3 Å². The summed E-state index contributed by atoms with van der Waals surface area (Å²) in [5.74, 6) is 2.64. The second-order valence-corrected chi connectivity index (χ2v) is 8.95. The second kappa shape index (κ2) is 6.21. The van der Waals surface area contributed by atoms with E-state index in [9.17, 15) is 4.79 Å². The smallest absolute Gasteiger partial charge is 0.223 e. The highest BCUT2D eigenvalue weighted by atomic mass is 16.2. The monoisotopic (exact) mass is 356 g/mol. The fourth-order valence-electron chi connectivity index (χ4n) is 3.55. The highest BCUT2D eigenvalue weighted by Crippen LogP contribution is 2.35. The van der Waals surface area contributed by atoms with Gasteiger partial charge in [-0.3, -0.25) is 4.79 Å². The Bertz CT molecular complexity index is 813. The van der Waals surface area contributed by atoms with Gasteiger partial charge in [-0.2, -0.15) is 4.52 Å². The molecule has 2 aliphatic rings. The molecule has 4 rings (SSSR count). The Hall–Kier alpha value is -2.18. The highest BCUT2D eigenvalue weighted by Gasteiger charge is 2.34. The zero-order chi connectivity index (χ0) is 18.5. The molecule has 1 amide bonds. The predicted molar refractivity (Wildman–Crippen MR) is 100 cm³/mol. The van der Waals surface area contributed by atoms with Gasteiger partial charge in [0.25, 0.3) is 0 Å². The number of rotatable bonds is 4. The molecule has 0 N–H and O–H groups in total. The van der Waals surface area contributed by atoms with Crippen LogP contribution in [0.2, 0.25) is 0 Å². The van der Waals surface area contributed by atoms with Crippen molar-refractivity contribution < 1.29 is 4.79 Å². The van der Waals surface area contributed by atoms with E-state index in [1.54, 1.807) is 0 Å². The zero-order valence-electron chi connectivity index (χ0n) is 16.1. The Morgan fingerprint density at radius 1 is 1.23 bits per heavy atom. The first-order chi connectivity index (χ1) is 12.3. The minimum Gasteiger partial charge on any atom is -0.351 e. The minimum atomic E-state index is 0.0215. The number of carbonyl (C=O) groups excluding carboxylic acids is 1. The van der Waals surface area contributed by atoms with Crippen LogP contribution in [0, 0.1) is 5.41 Å². The maximum absolute atomic E-state index is 12.4. The molecule has 26 heavy (non-hydrogen) atoms. The van der Waals surface area contributed by atoms with Crippen molar-refractivity contribution in [1.82, 2.24) is 24.7 Å². The van der Waals surface area contributed by atoms with E-state index in [1.165, 1.54) is 19.3 Å². The van der Waals surface area contributed by atoms with E-state index in [4.69, 9.17) is 5.10 Å². The molecule has 7 heteroatoms. The van der Waals surface area contributed by atoms with Gasteiger partial charge >= 0.3 is 0 Å². The quantitative estimate of drug-likeness (QED) is 0.842. The van der Waals surface area contributed by atoms with Crippen LogP contribution in [0.3, 0.4) is 0 Å². The molecule has 0 unspecified atom stereocenters. The zero-order valence-corrected chi connectivity index (χ0v) is 16.1. The number of hydrogen-bond acceptors (Lipinski definition) is 5. The number of hydrogen-bond donors (Lipinski definition) is 0. The van der Waals surface area contributed by atoms with Crippen LogP contribution in [-0.4, -0.2) is 56.8 Å². The van der Waals surface area contributed by atoms with Crippen molar-refractivity contribution >= 4 is 17.4 Å². The van der Waals surface area contributed by atoms with E-state index in [0.717, 1.165) is 30.4 Å². The Labute approximate surface area is 154 Å². The summed E-state index contributed by atoms with van der Waals surface area (Å²) >= 11 is 0. The van der Waals surface area contributed by atoms with Gasteiger partial charge in [0.2, 0.25) is 5.91 Å². The summed E-state index contributed by atoms with van der Waals surface area (Å²) in [5.41, 5.74) is 0.832. The maximum Gasteiger partial charge on any atom is 0.223 e. The van der Waals surface area contributed by atoms with E-state index in [2.05, 4.69) is 35.9 Å². The van der Waals surface area contributed by atoms with Crippen LogP contribution in [0.15, 0.2) is 12.1 Å². The van der Waals surface area contributed by atoms with Gasteiger partial charge in [0.1, 0.15) is 5.82 Å². The second-order valence-electron chi connectivity index (χ2n) is 8.95. The van der Waals surface area contributed by atoms with Crippen LogP contribution >= 0.6 is 0 Å². The lowest BCUT2D eigenvalue weighted by Gasteiger charge is -2.45. The van der Waals surface area contributed by atoms with Gasteiger partial charge < -0.3 is 9.80 Å². The summed E-state index contributed by atoms with van der Waals surface area (Å²) in [6.07, 6.45) is 4.20. The SMILES string of the molecule is CN(C(=O)CC(C)(C)C)C1CN(c2ccc3nnc(C4CCC4)n3n2)C1. The fraction of sp³-hybridized carbons (Fsp3) is 0.684.